The van der Waals surface area contributed by atoms with Gasteiger partial charge in [0, 0.05) is 10.8 Å². The average Bonchev–Trinajstić information content (AvgIpc) is 3.14. The number of thiophene rings is 1. The number of benzene rings is 1. The lowest BCUT2D eigenvalue weighted by Crippen LogP contribution is -2.23. The summed E-state index contributed by atoms with van der Waals surface area (Å²) in [7, 11) is 0. The van der Waals surface area contributed by atoms with Gasteiger partial charge < -0.3 is 9.84 Å². The first-order valence-corrected chi connectivity index (χ1v) is 8.48. The van der Waals surface area contributed by atoms with E-state index in [1.165, 1.54) is 17.4 Å². The second-order valence-corrected chi connectivity index (χ2v) is 6.83. The maximum atomic E-state index is 13.8. The summed E-state index contributed by atoms with van der Waals surface area (Å²) in [5.41, 5.74) is 0.282. The minimum Gasteiger partial charge on any atom is -0.351 e. The summed E-state index contributed by atoms with van der Waals surface area (Å²) in [4.78, 5) is 17.8. The Bertz CT molecular complexity index is 885. The predicted octanol–water partition coefficient (Wildman–Crippen LogP) is 3.63. The highest BCUT2D eigenvalue weighted by Crippen LogP contribution is 2.30. The van der Waals surface area contributed by atoms with Gasteiger partial charge in [0.05, 0.1) is 17.0 Å². The molecule has 4 rings (SSSR count). The molecule has 24 heavy (non-hydrogen) atoms. The van der Waals surface area contributed by atoms with Gasteiger partial charge in [0.25, 0.3) is 5.89 Å². The van der Waals surface area contributed by atoms with Crippen LogP contribution in [0.3, 0.4) is 0 Å². The molecule has 7 heteroatoms. The molecule has 0 spiro atoms. The molecule has 0 radical (unpaired) electrons. The molecule has 1 aliphatic carbocycles. The molecule has 0 aliphatic heterocycles. The molecule has 0 saturated heterocycles. The van der Waals surface area contributed by atoms with Crippen LogP contribution in [0.5, 0.6) is 0 Å². The molecular formula is C17H14FN3O2S. The molecule has 1 aromatic carbocycles. The molecule has 3 aromatic rings. The number of hydrogen-bond donors (Lipinski definition) is 1. The summed E-state index contributed by atoms with van der Waals surface area (Å²) in [5.74, 6) is 0.483. The molecule has 1 saturated carbocycles. The van der Waals surface area contributed by atoms with E-state index in [2.05, 4.69) is 15.5 Å². The van der Waals surface area contributed by atoms with E-state index in [1.54, 1.807) is 18.2 Å². The van der Waals surface area contributed by atoms with Gasteiger partial charge >= 0.3 is 0 Å². The normalized spacial score (nSPS) is 13.9. The van der Waals surface area contributed by atoms with Crippen LogP contribution in [0.15, 0.2) is 40.9 Å². The molecule has 0 atom stereocenters. The lowest BCUT2D eigenvalue weighted by molar-refractivity contribution is -0.122. The molecule has 1 amide bonds. The van der Waals surface area contributed by atoms with Gasteiger partial charge in [-0.3, -0.25) is 4.79 Å². The number of hydrogen-bond acceptors (Lipinski definition) is 5. The number of halogens is 1. The zero-order valence-electron chi connectivity index (χ0n) is 12.7. The Balaban J connectivity index is 1.48. The Labute approximate surface area is 141 Å². The van der Waals surface area contributed by atoms with Gasteiger partial charge in [0.1, 0.15) is 5.82 Å². The van der Waals surface area contributed by atoms with Crippen LogP contribution in [-0.4, -0.2) is 16.0 Å². The largest absolute Gasteiger partial charge is 0.351 e. The van der Waals surface area contributed by atoms with E-state index in [0.717, 1.165) is 22.6 Å². The molecule has 1 N–H and O–H groups in total. The molecule has 122 valence electrons. The Hall–Kier alpha value is -2.54. The van der Waals surface area contributed by atoms with Crippen LogP contribution in [0.25, 0.3) is 22.2 Å². The standard InChI is InChI=1S/C17H14FN3O2S/c18-13-4-2-1-3-12(13)17-20-15(21-23-17)14-8-7-11(24-14)9-19-16(22)10-5-6-10/h1-4,7-8,10H,5-6,9H2,(H,19,22). The third-order valence-corrected chi connectivity index (χ3v) is 4.88. The number of carbonyl (C=O) groups is 1. The molecule has 1 aliphatic rings. The van der Waals surface area contributed by atoms with Gasteiger partial charge in [-0.2, -0.15) is 4.98 Å². The van der Waals surface area contributed by atoms with Crippen molar-refractivity contribution in [1.29, 1.82) is 0 Å². The second-order valence-electron chi connectivity index (χ2n) is 5.66. The van der Waals surface area contributed by atoms with E-state index in [0.29, 0.717) is 12.4 Å². The maximum Gasteiger partial charge on any atom is 0.261 e. The van der Waals surface area contributed by atoms with Gasteiger partial charge in [0.2, 0.25) is 11.7 Å². The van der Waals surface area contributed by atoms with Crippen LogP contribution in [-0.2, 0) is 11.3 Å². The van der Waals surface area contributed by atoms with Crippen LogP contribution in [0.1, 0.15) is 17.7 Å². The van der Waals surface area contributed by atoms with E-state index in [1.807, 2.05) is 12.1 Å². The highest BCUT2D eigenvalue weighted by Gasteiger charge is 2.29. The second kappa shape index (κ2) is 6.16. The van der Waals surface area contributed by atoms with Crippen molar-refractivity contribution >= 4 is 17.2 Å². The van der Waals surface area contributed by atoms with Crippen molar-refractivity contribution in [3.05, 3.63) is 47.1 Å². The first-order valence-electron chi connectivity index (χ1n) is 7.66. The summed E-state index contributed by atoms with van der Waals surface area (Å²) < 4.78 is 18.9. The van der Waals surface area contributed by atoms with Crippen molar-refractivity contribution in [3.8, 4) is 22.2 Å². The number of nitrogens with one attached hydrogen (secondary N) is 1. The summed E-state index contributed by atoms with van der Waals surface area (Å²) >= 11 is 1.48. The maximum absolute atomic E-state index is 13.8. The summed E-state index contributed by atoms with van der Waals surface area (Å²) in [6, 6.07) is 10.1. The quantitative estimate of drug-likeness (QED) is 0.768. The fourth-order valence-electron chi connectivity index (χ4n) is 2.32. The fraction of sp³-hybridized carbons (Fsp3) is 0.235. The van der Waals surface area contributed by atoms with Gasteiger partial charge in [0.15, 0.2) is 0 Å². The van der Waals surface area contributed by atoms with Crippen molar-refractivity contribution in [2.45, 2.75) is 19.4 Å². The third kappa shape index (κ3) is 3.07. The fourth-order valence-corrected chi connectivity index (χ4v) is 3.20. The van der Waals surface area contributed by atoms with Crippen molar-refractivity contribution in [2.75, 3.05) is 0 Å². The predicted molar refractivity (Wildman–Crippen MR) is 87.6 cm³/mol. The van der Waals surface area contributed by atoms with Crippen molar-refractivity contribution in [1.82, 2.24) is 15.5 Å². The van der Waals surface area contributed by atoms with E-state index in [9.17, 15) is 9.18 Å². The number of rotatable bonds is 5. The molecule has 2 aromatic heterocycles. The zero-order valence-corrected chi connectivity index (χ0v) is 13.5. The van der Waals surface area contributed by atoms with E-state index in [4.69, 9.17) is 4.52 Å². The number of carbonyl (C=O) groups excluding carboxylic acids is 1. The first-order chi connectivity index (χ1) is 11.7. The molecule has 0 unspecified atom stereocenters. The molecule has 5 nitrogen and oxygen atoms in total. The Kier molecular flexibility index (Phi) is 3.86. The lowest BCUT2D eigenvalue weighted by atomic mass is 10.2. The van der Waals surface area contributed by atoms with Gasteiger partial charge in [-0.15, -0.1) is 11.3 Å². The SMILES string of the molecule is O=C(NCc1ccc(-c2noc(-c3ccccc3F)n2)s1)C1CC1. The van der Waals surface area contributed by atoms with Crippen LogP contribution in [0.4, 0.5) is 4.39 Å². The van der Waals surface area contributed by atoms with Crippen molar-refractivity contribution < 1.29 is 13.7 Å². The van der Waals surface area contributed by atoms with Crippen LogP contribution < -0.4 is 5.32 Å². The highest BCUT2D eigenvalue weighted by atomic mass is 32.1. The third-order valence-electron chi connectivity index (χ3n) is 3.80. The Morgan fingerprint density at radius 1 is 1.29 bits per heavy atom. The summed E-state index contributed by atoms with van der Waals surface area (Å²) in [6.07, 6.45) is 1.98. The molecular weight excluding hydrogens is 329 g/mol. The first kappa shape index (κ1) is 15.0. The van der Waals surface area contributed by atoms with Crippen molar-refractivity contribution in [2.24, 2.45) is 5.92 Å². The summed E-state index contributed by atoms with van der Waals surface area (Å²) in [6.45, 7) is 0.498. The summed E-state index contributed by atoms with van der Waals surface area (Å²) in [5, 5.41) is 6.84. The van der Waals surface area contributed by atoms with E-state index >= 15 is 0 Å². The van der Waals surface area contributed by atoms with E-state index < -0.39 is 5.82 Å². The number of nitrogens with zero attached hydrogens (tertiary/aromatic N) is 2. The average molecular weight is 343 g/mol. The topological polar surface area (TPSA) is 68.0 Å². The van der Waals surface area contributed by atoms with Gasteiger partial charge in [-0.1, -0.05) is 17.3 Å². The molecule has 1 fully saturated rings. The minimum atomic E-state index is -0.401. The van der Waals surface area contributed by atoms with Crippen LogP contribution >= 0.6 is 11.3 Å². The van der Waals surface area contributed by atoms with Crippen LogP contribution in [0.2, 0.25) is 0 Å². The van der Waals surface area contributed by atoms with Crippen LogP contribution in [0, 0.1) is 11.7 Å². The zero-order chi connectivity index (χ0) is 16.5. The lowest BCUT2D eigenvalue weighted by Gasteiger charge is -2.00. The molecule has 0 bridgehead atoms. The molecule has 2 heterocycles. The highest BCUT2D eigenvalue weighted by molar-refractivity contribution is 7.15. The minimum absolute atomic E-state index is 0.117. The van der Waals surface area contributed by atoms with Gasteiger partial charge in [-0.05, 0) is 37.1 Å². The van der Waals surface area contributed by atoms with Gasteiger partial charge in [-0.25, -0.2) is 4.39 Å². The van der Waals surface area contributed by atoms with E-state index in [-0.39, 0.29) is 23.3 Å². The Morgan fingerprint density at radius 2 is 2.12 bits per heavy atom. The Morgan fingerprint density at radius 3 is 2.92 bits per heavy atom. The van der Waals surface area contributed by atoms with Crippen molar-refractivity contribution in [3.63, 3.8) is 0 Å². The number of amides is 1. The number of aromatic nitrogens is 2. The smallest absolute Gasteiger partial charge is 0.261 e. The monoisotopic (exact) mass is 343 g/mol.